The smallest absolute Gasteiger partial charge is 0.325 e. The second kappa shape index (κ2) is 7.58. The normalized spacial score (nSPS) is 11.9. The van der Waals surface area contributed by atoms with Crippen LogP contribution < -0.4 is 15.5 Å². The van der Waals surface area contributed by atoms with Gasteiger partial charge in [0.25, 0.3) is 5.91 Å². The molecule has 0 fully saturated rings. The van der Waals surface area contributed by atoms with Crippen LogP contribution in [0.5, 0.6) is 5.75 Å². The van der Waals surface area contributed by atoms with Crippen LogP contribution >= 0.6 is 11.3 Å². The van der Waals surface area contributed by atoms with Gasteiger partial charge in [-0.15, -0.1) is 11.3 Å². The second-order valence-corrected chi connectivity index (χ2v) is 6.87. The van der Waals surface area contributed by atoms with E-state index in [1.54, 1.807) is 17.5 Å². The Kier molecular flexibility index (Phi) is 5.22. The van der Waals surface area contributed by atoms with E-state index in [0.29, 0.717) is 28.0 Å². The molecule has 2 aromatic heterocycles. The zero-order valence-electron chi connectivity index (χ0n) is 14.5. The second-order valence-electron chi connectivity index (χ2n) is 5.80. The van der Waals surface area contributed by atoms with Gasteiger partial charge in [0.15, 0.2) is 6.61 Å². The van der Waals surface area contributed by atoms with Gasteiger partial charge in [0.05, 0.1) is 21.7 Å². The number of carbonyl (C=O) groups excluding carboxylic acids is 1. The van der Waals surface area contributed by atoms with Gasteiger partial charge in [-0.25, -0.2) is 4.98 Å². The number of ether oxygens (including phenoxy) is 1. The highest BCUT2D eigenvalue weighted by molar-refractivity contribution is 7.09. The summed E-state index contributed by atoms with van der Waals surface area (Å²) in [7, 11) is 0. The summed E-state index contributed by atoms with van der Waals surface area (Å²) in [5.74, 6) is -1.39. The first kappa shape index (κ1) is 18.6. The van der Waals surface area contributed by atoms with Gasteiger partial charge in [0, 0.05) is 11.4 Å². The number of aryl methyl sites for hydroxylation is 1. The third-order valence-corrected chi connectivity index (χ3v) is 4.53. The number of amides is 1. The van der Waals surface area contributed by atoms with Crippen LogP contribution in [0.15, 0.2) is 39.1 Å². The van der Waals surface area contributed by atoms with Gasteiger partial charge < -0.3 is 19.6 Å². The Balaban J connectivity index is 1.77. The third kappa shape index (κ3) is 4.14. The van der Waals surface area contributed by atoms with E-state index in [-0.39, 0.29) is 12.0 Å². The number of benzene rings is 1. The maximum atomic E-state index is 12.6. The van der Waals surface area contributed by atoms with Crippen LogP contribution in [0.3, 0.4) is 0 Å². The molecule has 1 amide bonds. The lowest BCUT2D eigenvalue weighted by atomic mass is 10.1. The molecule has 2 heterocycles. The molecular weight excluding hydrogens is 372 g/mol. The number of aromatic nitrogens is 1. The molecule has 27 heavy (non-hydrogen) atoms. The van der Waals surface area contributed by atoms with Crippen molar-refractivity contribution in [2.24, 2.45) is 0 Å². The van der Waals surface area contributed by atoms with Crippen molar-refractivity contribution in [2.75, 3.05) is 6.61 Å². The number of hydrogen-bond donors (Lipinski definition) is 2. The molecule has 8 nitrogen and oxygen atoms in total. The van der Waals surface area contributed by atoms with Gasteiger partial charge in [-0.2, -0.15) is 0 Å². The number of carboxylic acids is 1. The van der Waals surface area contributed by atoms with Gasteiger partial charge in [0.1, 0.15) is 23.6 Å². The van der Waals surface area contributed by atoms with Gasteiger partial charge in [-0.05, 0) is 26.0 Å². The van der Waals surface area contributed by atoms with Crippen molar-refractivity contribution in [1.82, 2.24) is 10.3 Å². The summed E-state index contributed by atoms with van der Waals surface area (Å²) in [5, 5.41) is 14.1. The summed E-state index contributed by atoms with van der Waals surface area (Å²) in [6, 6.07) is 3.59. The summed E-state index contributed by atoms with van der Waals surface area (Å²) in [4.78, 5) is 39.3. The Morgan fingerprint density at radius 1 is 1.41 bits per heavy atom. The van der Waals surface area contributed by atoms with Crippen molar-refractivity contribution in [3.8, 4) is 17.0 Å². The minimum Gasteiger partial charge on any atom is -0.484 e. The number of thiazole rings is 1. The number of rotatable bonds is 6. The molecule has 0 bridgehead atoms. The molecule has 0 aliphatic rings. The number of fused-ring (bicyclic) bond motifs is 1. The van der Waals surface area contributed by atoms with Crippen LogP contribution in [-0.2, 0) is 9.59 Å². The standard InChI is InChI=1S/C18H16N2O6S/c1-9(18(23)24)19-16(21)7-25-11-3-4-12-15(5-11)26-6-13(17(12)22)14-8-27-10(2)20-14/h3-6,8-9H,7H2,1-2H3,(H,19,21)(H,23,24)/t9-/m0/s1. The Hall–Kier alpha value is -3.20. The fourth-order valence-corrected chi connectivity index (χ4v) is 2.97. The van der Waals surface area contributed by atoms with Gasteiger partial charge in [-0.1, -0.05) is 0 Å². The van der Waals surface area contributed by atoms with Crippen molar-refractivity contribution in [2.45, 2.75) is 19.9 Å². The Bertz CT molecular complexity index is 1070. The average molecular weight is 388 g/mol. The minimum absolute atomic E-state index is 0.207. The molecule has 1 atom stereocenters. The summed E-state index contributed by atoms with van der Waals surface area (Å²) in [6.07, 6.45) is 1.35. The molecule has 0 spiro atoms. The quantitative estimate of drug-likeness (QED) is 0.664. The third-order valence-electron chi connectivity index (χ3n) is 3.76. The van der Waals surface area contributed by atoms with Crippen molar-refractivity contribution in [3.05, 3.63) is 45.1 Å². The highest BCUT2D eigenvalue weighted by Crippen LogP contribution is 2.24. The van der Waals surface area contributed by atoms with E-state index in [9.17, 15) is 14.4 Å². The fourth-order valence-electron chi connectivity index (χ4n) is 2.36. The molecule has 0 saturated carbocycles. The van der Waals surface area contributed by atoms with E-state index in [1.165, 1.54) is 30.6 Å². The van der Waals surface area contributed by atoms with Crippen LogP contribution in [0.1, 0.15) is 11.9 Å². The van der Waals surface area contributed by atoms with Crippen LogP contribution in [0.4, 0.5) is 0 Å². The van der Waals surface area contributed by atoms with Crippen LogP contribution in [0.25, 0.3) is 22.2 Å². The maximum Gasteiger partial charge on any atom is 0.325 e. The van der Waals surface area contributed by atoms with Gasteiger partial charge in [0.2, 0.25) is 5.43 Å². The Labute approximate surface area is 157 Å². The molecule has 3 aromatic rings. The molecule has 0 aliphatic carbocycles. The summed E-state index contributed by atoms with van der Waals surface area (Å²) in [6.45, 7) is 2.85. The van der Waals surface area contributed by atoms with Gasteiger partial charge in [-0.3, -0.25) is 14.4 Å². The number of carboxylic acid groups (broad SMARTS) is 1. The molecule has 9 heteroatoms. The van der Waals surface area contributed by atoms with Crippen molar-refractivity contribution in [1.29, 1.82) is 0 Å². The van der Waals surface area contributed by atoms with Crippen molar-refractivity contribution < 1.29 is 23.8 Å². The summed E-state index contributed by atoms with van der Waals surface area (Å²) in [5.41, 5.74) is 1.05. The molecule has 0 unspecified atom stereocenters. The minimum atomic E-state index is -1.14. The molecule has 0 radical (unpaired) electrons. The Morgan fingerprint density at radius 3 is 2.85 bits per heavy atom. The number of carbonyl (C=O) groups is 2. The lowest BCUT2D eigenvalue weighted by Gasteiger charge is -2.10. The maximum absolute atomic E-state index is 12.6. The molecular formula is C18H16N2O6S. The van der Waals surface area contributed by atoms with Gasteiger partial charge >= 0.3 is 5.97 Å². The monoisotopic (exact) mass is 388 g/mol. The molecule has 0 aliphatic heterocycles. The predicted octanol–water partition coefficient (Wildman–Crippen LogP) is 2.19. The number of hydrogen-bond acceptors (Lipinski definition) is 7. The zero-order chi connectivity index (χ0) is 19.6. The number of nitrogens with one attached hydrogen (secondary N) is 1. The lowest BCUT2D eigenvalue weighted by molar-refractivity contribution is -0.141. The van der Waals surface area contributed by atoms with E-state index >= 15 is 0 Å². The van der Waals surface area contributed by atoms with Crippen LogP contribution in [0.2, 0.25) is 0 Å². The number of aliphatic carboxylic acids is 1. The van der Waals surface area contributed by atoms with E-state index in [2.05, 4.69) is 10.3 Å². The van der Waals surface area contributed by atoms with E-state index < -0.39 is 17.9 Å². The topological polar surface area (TPSA) is 119 Å². The van der Waals surface area contributed by atoms with Crippen molar-refractivity contribution >= 4 is 34.2 Å². The first-order valence-corrected chi connectivity index (χ1v) is 8.86. The molecule has 2 N–H and O–H groups in total. The SMILES string of the molecule is Cc1nc(-c2coc3cc(OCC(=O)N[C@@H](C)C(=O)O)ccc3c2=O)cs1. The largest absolute Gasteiger partial charge is 0.484 e. The molecule has 140 valence electrons. The first-order chi connectivity index (χ1) is 12.8. The first-order valence-electron chi connectivity index (χ1n) is 7.98. The zero-order valence-corrected chi connectivity index (χ0v) is 15.3. The van der Waals surface area contributed by atoms with E-state index in [1.807, 2.05) is 6.92 Å². The summed E-state index contributed by atoms with van der Waals surface area (Å²) < 4.78 is 10.9. The fraction of sp³-hybridized carbons (Fsp3) is 0.222. The highest BCUT2D eigenvalue weighted by Gasteiger charge is 2.15. The van der Waals surface area contributed by atoms with Crippen molar-refractivity contribution in [3.63, 3.8) is 0 Å². The predicted molar refractivity (Wildman–Crippen MR) is 99.1 cm³/mol. The number of nitrogens with zero attached hydrogens (tertiary/aromatic N) is 1. The van der Waals surface area contributed by atoms with E-state index in [4.69, 9.17) is 14.3 Å². The van der Waals surface area contributed by atoms with Crippen LogP contribution in [-0.4, -0.2) is 34.6 Å². The molecule has 3 rings (SSSR count). The van der Waals surface area contributed by atoms with Crippen LogP contribution in [0, 0.1) is 6.92 Å². The average Bonchev–Trinajstić information content (AvgIpc) is 3.06. The lowest BCUT2D eigenvalue weighted by Crippen LogP contribution is -2.40. The molecule has 0 saturated heterocycles. The molecule has 1 aromatic carbocycles. The highest BCUT2D eigenvalue weighted by atomic mass is 32.1. The van der Waals surface area contributed by atoms with E-state index in [0.717, 1.165) is 5.01 Å². The Morgan fingerprint density at radius 2 is 2.19 bits per heavy atom. The summed E-state index contributed by atoms with van der Waals surface area (Å²) >= 11 is 1.44.